The van der Waals surface area contributed by atoms with Crippen molar-refractivity contribution in [2.45, 2.75) is 39.2 Å². The molecule has 2 N–H and O–H groups in total. The number of nitrogens with zero attached hydrogens (tertiary/aromatic N) is 1. The van der Waals surface area contributed by atoms with Gasteiger partial charge in [-0.05, 0) is 32.1 Å². The van der Waals surface area contributed by atoms with Crippen LogP contribution >= 0.6 is 0 Å². The van der Waals surface area contributed by atoms with Crippen LogP contribution in [0.3, 0.4) is 0 Å². The first-order valence-electron chi connectivity index (χ1n) is 7.56. The van der Waals surface area contributed by atoms with Crippen LogP contribution in [-0.2, 0) is 4.74 Å². The highest BCUT2D eigenvalue weighted by atomic mass is 19.1. The lowest BCUT2D eigenvalue weighted by molar-refractivity contribution is 0.0622. The van der Waals surface area contributed by atoms with E-state index in [2.05, 4.69) is 15.6 Å². The van der Waals surface area contributed by atoms with E-state index in [0.29, 0.717) is 12.5 Å². The van der Waals surface area contributed by atoms with Gasteiger partial charge in [0.2, 0.25) is 0 Å². The van der Waals surface area contributed by atoms with Crippen LogP contribution in [0.2, 0.25) is 0 Å². The Morgan fingerprint density at radius 3 is 2.62 bits per heavy atom. The Morgan fingerprint density at radius 2 is 1.95 bits per heavy atom. The van der Waals surface area contributed by atoms with Crippen molar-refractivity contribution in [3.63, 3.8) is 0 Å². The first-order valence-corrected chi connectivity index (χ1v) is 7.56. The summed E-state index contributed by atoms with van der Waals surface area (Å²) in [5, 5.41) is 5.95. The van der Waals surface area contributed by atoms with E-state index in [9.17, 15) is 8.78 Å². The normalized spacial score (nSPS) is 17.5. The molecule has 1 unspecified atom stereocenters. The summed E-state index contributed by atoms with van der Waals surface area (Å²) >= 11 is 0. The Bertz CT molecular complexity index is 464. The van der Waals surface area contributed by atoms with Gasteiger partial charge in [-0.15, -0.1) is 0 Å². The molecule has 21 heavy (non-hydrogen) atoms. The Morgan fingerprint density at radius 1 is 1.29 bits per heavy atom. The maximum atomic E-state index is 13.9. The number of hydrogen-bond donors (Lipinski definition) is 2. The maximum Gasteiger partial charge on any atom is 0.168 e. The highest BCUT2D eigenvalue weighted by Gasteiger charge is 2.22. The molecule has 0 amide bonds. The average molecular weight is 299 g/mol. The Hall–Kier alpha value is -1.43. The van der Waals surface area contributed by atoms with Crippen LogP contribution < -0.4 is 10.6 Å². The van der Waals surface area contributed by atoms with Crippen LogP contribution in [0.4, 0.5) is 20.4 Å². The fourth-order valence-electron chi connectivity index (χ4n) is 2.48. The van der Waals surface area contributed by atoms with Gasteiger partial charge < -0.3 is 15.4 Å². The molecule has 1 fully saturated rings. The first-order chi connectivity index (χ1) is 10.1. The SMILES string of the molecule is CCCNc1nc(NC(C)C2CCOCC2)c(F)cc1F. The van der Waals surface area contributed by atoms with Crippen LogP contribution in [0.25, 0.3) is 0 Å². The van der Waals surface area contributed by atoms with Gasteiger partial charge in [-0.25, -0.2) is 13.8 Å². The second-order valence-corrected chi connectivity index (χ2v) is 5.46. The van der Waals surface area contributed by atoms with Gasteiger partial charge in [-0.3, -0.25) is 0 Å². The van der Waals surface area contributed by atoms with Gasteiger partial charge in [0.25, 0.3) is 0 Å². The summed E-state index contributed by atoms with van der Waals surface area (Å²) in [6, 6.07) is 0.949. The molecular weight excluding hydrogens is 276 g/mol. The summed E-state index contributed by atoms with van der Waals surface area (Å²) in [5.74, 6) is -0.704. The lowest BCUT2D eigenvalue weighted by Gasteiger charge is -2.28. The third-order valence-electron chi connectivity index (χ3n) is 3.81. The molecule has 0 spiro atoms. The van der Waals surface area contributed by atoms with Crippen molar-refractivity contribution in [3.8, 4) is 0 Å². The zero-order valence-corrected chi connectivity index (χ0v) is 12.6. The molecule has 0 radical (unpaired) electrons. The molecule has 0 aliphatic carbocycles. The highest BCUT2D eigenvalue weighted by Crippen LogP contribution is 2.24. The zero-order valence-electron chi connectivity index (χ0n) is 12.6. The van der Waals surface area contributed by atoms with Gasteiger partial charge in [0.15, 0.2) is 23.3 Å². The van der Waals surface area contributed by atoms with Crippen molar-refractivity contribution in [2.24, 2.45) is 5.92 Å². The molecule has 0 bridgehead atoms. The Labute approximate surface area is 124 Å². The predicted octanol–water partition coefficient (Wildman–Crippen LogP) is 3.41. The molecule has 1 atom stereocenters. The standard InChI is InChI=1S/C15H23F2N3O/c1-3-6-18-14-12(16)9-13(17)15(20-14)19-10(2)11-4-7-21-8-5-11/h9-11H,3-8H2,1-2H3,(H2,18,19,20). The molecule has 4 nitrogen and oxygen atoms in total. The van der Waals surface area contributed by atoms with E-state index in [0.717, 1.165) is 38.5 Å². The molecule has 0 saturated carbocycles. The number of aromatic nitrogens is 1. The monoisotopic (exact) mass is 299 g/mol. The van der Waals surface area contributed by atoms with Crippen molar-refractivity contribution in [2.75, 3.05) is 30.4 Å². The minimum atomic E-state index is -0.662. The van der Waals surface area contributed by atoms with Gasteiger partial charge in [0, 0.05) is 31.9 Å². The average Bonchev–Trinajstić information content (AvgIpc) is 2.49. The van der Waals surface area contributed by atoms with Crippen LogP contribution in [0.1, 0.15) is 33.1 Å². The van der Waals surface area contributed by atoms with Crippen LogP contribution in [0.5, 0.6) is 0 Å². The summed E-state index contributed by atoms with van der Waals surface area (Å²) in [7, 11) is 0. The third kappa shape index (κ3) is 4.27. The number of anilines is 2. The van der Waals surface area contributed by atoms with Gasteiger partial charge in [0.05, 0.1) is 0 Å². The van der Waals surface area contributed by atoms with Crippen LogP contribution in [0, 0.1) is 17.6 Å². The number of halogens is 2. The molecule has 0 aromatic carbocycles. The minimum Gasteiger partial charge on any atom is -0.381 e. The van der Waals surface area contributed by atoms with Gasteiger partial charge in [0.1, 0.15) is 0 Å². The molecule has 1 aliphatic heterocycles. The van der Waals surface area contributed by atoms with Crippen molar-refractivity contribution < 1.29 is 13.5 Å². The summed E-state index contributed by atoms with van der Waals surface area (Å²) in [5.41, 5.74) is 0. The van der Waals surface area contributed by atoms with Gasteiger partial charge in [-0.1, -0.05) is 6.92 Å². The molecule has 118 valence electrons. The summed E-state index contributed by atoms with van der Waals surface area (Å²) < 4.78 is 32.8. The summed E-state index contributed by atoms with van der Waals surface area (Å²) in [4.78, 5) is 4.04. The van der Waals surface area contributed by atoms with Gasteiger partial charge >= 0.3 is 0 Å². The van der Waals surface area contributed by atoms with Crippen LogP contribution in [0.15, 0.2) is 6.07 Å². The fraction of sp³-hybridized carbons (Fsp3) is 0.667. The largest absolute Gasteiger partial charge is 0.381 e. The van der Waals surface area contributed by atoms with E-state index >= 15 is 0 Å². The van der Waals surface area contributed by atoms with Crippen molar-refractivity contribution in [3.05, 3.63) is 17.7 Å². The lowest BCUT2D eigenvalue weighted by Crippen LogP contribution is -2.31. The zero-order chi connectivity index (χ0) is 15.2. The number of pyridine rings is 1. The van der Waals surface area contributed by atoms with Crippen molar-refractivity contribution in [1.82, 2.24) is 4.98 Å². The number of nitrogens with one attached hydrogen (secondary N) is 2. The Kier molecular flexibility index (Phi) is 5.73. The lowest BCUT2D eigenvalue weighted by atomic mass is 9.93. The van der Waals surface area contributed by atoms with E-state index in [1.807, 2.05) is 13.8 Å². The van der Waals surface area contributed by atoms with E-state index in [-0.39, 0.29) is 17.7 Å². The minimum absolute atomic E-state index is 0.0698. The molecule has 1 aliphatic rings. The second-order valence-electron chi connectivity index (χ2n) is 5.46. The predicted molar refractivity (Wildman–Crippen MR) is 79.6 cm³/mol. The summed E-state index contributed by atoms with van der Waals surface area (Å²) in [6.45, 7) is 6.05. The fourth-order valence-corrected chi connectivity index (χ4v) is 2.48. The number of ether oxygens (including phenoxy) is 1. The molecule has 1 aromatic rings. The smallest absolute Gasteiger partial charge is 0.168 e. The maximum absolute atomic E-state index is 13.9. The number of hydrogen-bond acceptors (Lipinski definition) is 4. The van der Waals surface area contributed by atoms with E-state index in [1.165, 1.54) is 0 Å². The molecule has 2 heterocycles. The second kappa shape index (κ2) is 7.54. The van der Waals surface area contributed by atoms with Crippen molar-refractivity contribution >= 4 is 11.6 Å². The molecule has 2 rings (SSSR count). The van der Waals surface area contributed by atoms with Crippen LogP contribution in [-0.4, -0.2) is 30.8 Å². The summed E-state index contributed by atoms with van der Waals surface area (Å²) in [6.07, 6.45) is 2.73. The van der Waals surface area contributed by atoms with E-state index in [1.54, 1.807) is 0 Å². The molecule has 1 saturated heterocycles. The Balaban J connectivity index is 2.07. The topological polar surface area (TPSA) is 46.2 Å². The molecule has 6 heteroatoms. The quantitative estimate of drug-likeness (QED) is 0.845. The van der Waals surface area contributed by atoms with E-state index in [4.69, 9.17) is 4.74 Å². The third-order valence-corrected chi connectivity index (χ3v) is 3.81. The highest BCUT2D eigenvalue weighted by molar-refractivity contribution is 5.48. The molecular formula is C15H23F2N3O. The first kappa shape index (κ1) is 15.9. The molecule has 1 aromatic heterocycles. The van der Waals surface area contributed by atoms with Crippen molar-refractivity contribution in [1.29, 1.82) is 0 Å². The van der Waals surface area contributed by atoms with Gasteiger partial charge in [-0.2, -0.15) is 0 Å². The van der Waals surface area contributed by atoms with E-state index < -0.39 is 11.6 Å². The number of rotatable bonds is 6.